The van der Waals surface area contributed by atoms with E-state index in [0.29, 0.717) is 40.0 Å². The van der Waals surface area contributed by atoms with Gasteiger partial charge in [0, 0.05) is 103 Å². The molecule has 0 atom stereocenters. The highest BCUT2D eigenvalue weighted by molar-refractivity contribution is 14.1. The van der Waals surface area contributed by atoms with Crippen LogP contribution in [0, 0.1) is 9.65 Å². The summed E-state index contributed by atoms with van der Waals surface area (Å²) in [6, 6.07) is 11.6. The highest BCUT2D eigenvalue weighted by Crippen LogP contribution is 2.35. The Labute approximate surface area is 254 Å². The number of hydrogen-bond acceptors (Lipinski definition) is 8. The van der Waals surface area contributed by atoms with E-state index in [2.05, 4.69) is 15.0 Å². The van der Waals surface area contributed by atoms with Crippen molar-refractivity contribution in [2.45, 2.75) is 32.3 Å². The third-order valence-corrected chi connectivity index (χ3v) is 7.76. The number of fused-ring (bicyclic) bond motifs is 1. The van der Waals surface area contributed by atoms with Crippen molar-refractivity contribution in [3.05, 3.63) is 88.3 Å². The fourth-order valence-corrected chi connectivity index (χ4v) is 5.38. The first-order valence-electron chi connectivity index (χ1n) is 13.4. The summed E-state index contributed by atoms with van der Waals surface area (Å²) in [4.78, 5) is 31.3. The summed E-state index contributed by atoms with van der Waals surface area (Å²) in [5.41, 5.74) is 9.39. The van der Waals surface area contributed by atoms with Crippen LogP contribution in [0.25, 0.3) is 16.8 Å². The molecule has 4 heterocycles. The number of carbonyl (C=O) groups is 1. The van der Waals surface area contributed by atoms with E-state index in [4.69, 9.17) is 20.2 Å². The van der Waals surface area contributed by atoms with E-state index in [0.717, 1.165) is 41.0 Å². The fourth-order valence-electron chi connectivity index (χ4n) is 5.11. The summed E-state index contributed by atoms with van der Waals surface area (Å²) in [5, 5.41) is 0. The van der Waals surface area contributed by atoms with Gasteiger partial charge in [-0.2, -0.15) is 0 Å². The maximum absolute atomic E-state index is 14.4. The molecule has 0 unspecified atom stereocenters. The summed E-state index contributed by atoms with van der Waals surface area (Å²) < 4.78 is 28.7. The van der Waals surface area contributed by atoms with Gasteiger partial charge in [0.25, 0.3) is 0 Å². The Kier molecular flexibility index (Phi) is 7.87. The lowest BCUT2D eigenvalue weighted by atomic mass is 9.96. The lowest BCUT2D eigenvalue weighted by Crippen LogP contribution is -2.36. The second kappa shape index (κ2) is 11.9. The average molecular weight is 679 g/mol. The van der Waals surface area contributed by atoms with Crippen LogP contribution in [0.1, 0.15) is 37.1 Å². The largest absolute Gasteiger partial charge is 0.489 e. The van der Waals surface area contributed by atoms with Crippen molar-refractivity contribution < 1.29 is 18.7 Å². The van der Waals surface area contributed by atoms with Gasteiger partial charge in [-0.25, -0.2) is 24.3 Å². The number of piperidine rings is 1. The van der Waals surface area contributed by atoms with E-state index in [1.165, 1.54) is 12.1 Å². The van der Waals surface area contributed by atoms with Gasteiger partial charge < -0.3 is 20.1 Å². The van der Waals surface area contributed by atoms with Gasteiger partial charge >= 0.3 is 0 Å². The highest BCUT2D eigenvalue weighted by Gasteiger charge is 2.27. The van der Waals surface area contributed by atoms with Crippen LogP contribution in [-0.4, -0.2) is 48.2 Å². The average Bonchev–Trinajstić information content (AvgIpc) is 3.38. The van der Waals surface area contributed by atoms with Crippen molar-refractivity contribution in [2.24, 2.45) is 0 Å². The normalized spacial score (nSPS) is 13.8. The van der Waals surface area contributed by atoms with Gasteiger partial charge in [0.15, 0.2) is 3.83 Å². The summed E-state index contributed by atoms with van der Waals surface area (Å²) in [6.45, 7) is 3.20. The smallest absolute Gasteiger partial charge is 0.219 e. The molecule has 42 heavy (non-hydrogen) atoms. The molecule has 2 N–H and O–H groups in total. The van der Waals surface area contributed by atoms with Crippen molar-refractivity contribution in [1.82, 2.24) is 29.2 Å². The summed E-state index contributed by atoms with van der Waals surface area (Å²) >= 11 is 2.03. The number of hydrogen-bond donors (Lipinski definition) is 1. The van der Waals surface area contributed by atoms with Crippen LogP contribution in [0.15, 0.2) is 67.3 Å². The van der Waals surface area contributed by atoms with Crippen molar-refractivity contribution in [1.29, 1.82) is 0 Å². The molecule has 0 spiro atoms. The third-order valence-electron chi connectivity index (χ3n) is 7.20. The standard InChI is InChI=1S/C30H27FIN7O3/c1-18(40)38-9-6-21(7-10-38)29-37-26(27-28(33)34-8-11-39(27)29)20-2-4-23(5-3-20)42-25-13-22(31)12-24(14-25)41-17-19-15-35-30(32)36-16-19/h2-5,8,11-16,21H,6-7,9-10,17H2,1H3,(H2,33,34). The molecule has 214 valence electrons. The number of ether oxygens (including phenoxy) is 2. The molecule has 1 aliphatic rings. The topological polar surface area (TPSA) is 121 Å². The molecular weight excluding hydrogens is 652 g/mol. The molecule has 0 aliphatic carbocycles. The Morgan fingerprint density at radius 3 is 2.48 bits per heavy atom. The zero-order chi connectivity index (χ0) is 29.2. The second-order valence-electron chi connectivity index (χ2n) is 10.0. The third kappa shape index (κ3) is 5.98. The van der Waals surface area contributed by atoms with Crippen LogP contribution in [0.2, 0.25) is 0 Å². The van der Waals surface area contributed by atoms with Crippen molar-refractivity contribution in [3.63, 3.8) is 0 Å². The first-order chi connectivity index (χ1) is 20.3. The molecule has 0 bridgehead atoms. The number of nitrogens with two attached hydrogens (primary N) is 1. The second-order valence-corrected chi connectivity index (χ2v) is 11.0. The maximum Gasteiger partial charge on any atom is 0.219 e. The van der Waals surface area contributed by atoms with Crippen LogP contribution in [0.4, 0.5) is 10.2 Å². The number of imidazole rings is 1. The Morgan fingerprint density at radius 2 is 1.76 bits per heavy atom. The quantitative estimate of drug-likeness (QED) is 0.174. The molecule has 0 radical (unpaired) electrons. The fraction of sp³-hybridized carbons (Fsp3) is 0.233. The van der Waals surface area contributed by atoms with Gasteiger partial charge in [-0.3, -0.25) is 9.20 Å². The lowest BCUT2D eigenvalue weighted by Gasteiger charge is -2.30. The molecular formula is C30H27FIN7O3. The number of halogens is 2. The first kappa shape index (κ1) is 27.8. The molecule has 2 aromatic carbocycles. The summed E-state index contributed by atoms with van der Waals surface area (Å²) in [5.74, 6) is 2.25. The number of nitrogen functional groups attached to an aromatic ring is 1. The molecule has 3 aromatic heterocycles. The van der Waals surface area contributed by atoms with Gasteiger partial charge in [0.05, 0.1) is 0 Å². The minimum absolute atomic E-state index is 0.0944. The van der Waals surface area contributed by atoms with E-state index < -0.39 is 5.82 Å². The van der Waals surface area contributed by atoms with Crippen LogP contribution in [-0.2, 0) is 11.4 Å². The molecule has 5 aromatic rings. The maximum atomic E-state index is 14.4. The monoisotopic (exact) mass is 679 g/mol. The van der Waals surface area contributed by atoms with E-state index >= 15 is 0 Å². The molecule has 1 fully saturated rings. The predicted octanol–water partition coefficient (Wildman–Crippen LogP) is 5.61. The van der Waals surface area contributed by atoms with Gasteiger partial charge in [-0.15, -0.1) is 0 Å². The van der Waals surface area contributed by atoms with E-state index in [1.54, 1.807) is 43.7 Å². The molecule has 1 saturated heterocycles. The number of anilines is 1. The Balaban J connectivity index is 1.21. The number of likely N-dealkylation sites (tertiary alicyclic amines) is 1. The molecule has 1 aliphatic heterocycles. The van der Waals surface area contributed by atoms with E-state index in [9.17, 15) is 9.18 Å². The molecule has 0 saturated carbocycles. The zero-order valence-electron chi connectivity index (χ0n) is 22.7. The molecule has 1 amide bonds. The Hall–Kier alpha value is -4.33. The number of benzene rings is 2. The lowest BCUT2D eigenvalue weighted by molar-refractivity contribution is -0.129. The van der Waals surface area contributed by atoms with E-state index in [-0.39, 0.29) is 18.4 Å². The van der Waals surface area contributed by atoms with Gasteiger partial charge in [-0.05, 0) is 37.1 Å². The van der Waals surface area contributed by atoms with Gasteiger partial charge in [0.2, 0.25) is 5.91 Å². The van der Waals surface area contributed by atoms with Crippen LogP contribution >= 0.6 is 22.6 Å². The summed E-state index contributed by atoms with van der Waals surface area (Å²) in [7, 11) is 0. The molecule has 6 rings (SSSR count). The highest BCUT2D eigenvalue weighted by atomic mass is 127. The zero-order valence-corrected chi connectivity index (χ0v) is 24.9. The van der Waals surface area contributed by atoms with Crippen LogP contribution in [0.5, 0.6) is 17.2 Å². The number of carbonyl (C=O) groups excluding carboxylic acids is 1. The van der Waals surface area contributed by atoms with Crippen molar-refractivity contribution >= 4 is 39.8 Å². The van der Waals surface area contributed by atoms with Crippen LogP contribution < -0.4 is 15.2 Å². The number of rotatable bonds is 7. The minimum Gasteiger partial charge on any atom is -0.489 e. The van der Waals surface area contributed by atoms with Gasteiger partial charge in [0.1, 0.15) is 52.5 Å². The van der Waals surface area contributed by atoms with Crippen LogP contribution in [0.3, 0.4) is 0 Å². The molecule has 12 heteroatoms. The SMILES string of the molecule is CC(=O)N1CCC(c2nc(-c3ccc(Oc4cc(F)cc(OCc5cnc(I)nc5)c4)cc3)c3c(N)nccn23)CC1. The first-order valence-corrected chi connectivity index (χ1v) is 14.5. The van der Waals surface area contributed by atoms with Crippen molar-refractivity contribution in [3.8, 4) is 28.5 Å². The number of aromatic nitrogens is 5. The summed E-state index contributed by atoms with van der Waals surface area (Å²) in [6.07, 6.45) is 8.53. The minimum atomic E-state index is -0.480. The number of amides is 1. The van der Waals surface area contributed by atoms with E-state index in [1.807, 2.05) is 50.2 Å². The van der Waals surface area contributed by atoms with Gasteiger partial charge in [-0.1, -0.05) is 0 Å². The Bertz CT molecular complexity index is 1740. The number of nitrogens with zero attached hydrogens (tertiary/aromatic N) is 6. The Morgan fingerprint density at radius 1 is 1.05 bits per heavy atom. The predicted molar refractivity (Wildman–Crippen MR) is 163 cm³/mol. The molecule has 10 nitrogen and oxygen atoms in total. The van der Waals surface area contributed by atoms with Crippen molar-refractivity contribution in [2.75, 3.05) is 18.8 Å².